The number of nitrogens with one attached hydrogen (secondary N) is 1. The lowest BCUT2D eigenvalue weighted by Crippen LogP contribution is -2.16. The number of carbonyl (C=O) groups excluding carboxylic acids is 2. The SMILES string of the molecule is CC(C)CCNCc1ccc(Oc2cnc(C(N)=O)cn2)cc1.N#Cc1cnc(Oc2ccc(C=O)cc2)cn1. The summed E-state index contributed by atoms with van der Waals surface area (Å²) in [6.45, 7) is 6.27. The van der Waals surface area contributed by atoms with Crippen LogP contribution in [0.5, 0.6) is 23.3 Å². The average molecular weight is 540 g/mol. The molecular weight excluding hydrogens is 510 g/mol. The highest BCUT2D eigenvalue weighted by Gasteiger charge is 2.05. The zero-order valence-corrected chi connectivity index (χ0v) is 22.2. The van der Waals surface area contributed by atoms with Crippen molar-refractivity contribution in [3.63, 3.8) is 0 Å². The first-order chi connectivity index (χ1) is 19.4. The number of amides is 1. The van der Waals surface area contributed by atoms with E-state index < -0.39 is 5.91 Å². The second kappa shape index (κ2) is 15.3. The van der Waals surface area contributed by atoms with E-state index in [1.807, 2.05) is 30.3 Å². The molecule has 2 heterocycles. The van der Waals surface area contributed by atoms with Gasteiger partial charge in [-0.25, -0.2) is 19.9 Å². The first-order valence-electron chi connectivity index (χ1n) is 12.4. The van der Waals surface area contributed by atoms with Crippen LogP contribution in [-0.2, 0) is 6.54 Å². The Hall–Kier alpha value is -5.21. The van der Waals surface area contributed by atoms with Crippen molar-refractivity contribution in [2.24, 2.45) is 11.7 Å². The van der Waals surface area contributed by atoms with Gasteiger partial charge in [-0.15, -0.1) is 0 Å². The second-order valence-electron chi connectivity index (χ2n) is 8.85. The Labute approximate surface area is 232 Å². The summed E-state index contributed by atoms with van der Waals surface area (Å²) in [5.74, 6) is 1.92. The minimum atomic E-state index is -0.613. The zero-order valence-electron chi connectivity index (χ0n) is 22.2. The number of ether oxygens (including phenoxy) is 2. The summed E-state index contributed by atoms with van der Waals surface area (Å²) in [4.78, 5) is 37.0. The average Bonchev–Trinajstić information content (AvgIpc) is 2.97. The van der Waals surface area contributed by atoms with Crippen LogP contribution in [0, 0.1) is 17.2 Å². The highest BCUT2D eigenvalue weighted by Crippen LogP contribution is 2.20. The summed E-state index contributed by atoms with van der Waals surface area (Å²) in [7, 11) is 0. The summed E-state index contributed by atoms with van der Waals surface area (Å²) >= 11 is 0. The second-order valence-corrected chi connectivity index (χ2v) is 8.85. The third-order valence-corrected chi connectivity index (χ3v) is 5.24. The molecule has 0 saturated heterocycles. The van der Waals surface area contributed by atoms with E-state index >= 15 is 0 Å². The molecule has 2 aromatic heterocycles. The standard InChI is InChI=1S/C17H22N4O2.C12H7N3O2/c1-12(2)7-8-19-9-13-3-5-14(6-4-13)23-16-11-20-15(10-21-16)17(18)22;13-5-10-6-15-12(7-14-10)17-11-3-1-9(8-16)2-4-11/h3-6,10-12,19H,7-9H2,1-2H3,(H2,18,22);1-4,6-8H. The van der Waals surface area contributed by atoms with Gasteiger partial charge in [-0.3, -0.25) is 9.59 Å². The van der Waals surface area contributed by atoms with E-state index in [0.29, 0.717) is 34.7 Å². The summed E-state index contributed by atoms with van der Waals surface area (Å²) in [6.07, 6.45) is 7.29. The van der Waals surface area contributed by atoms with Gasteiger partial charge in [0, 0.05) is 12.1 Å². The number of hydrogen-bond acceptors (Lipinski definition) is 10. The maximum atomic E-state index is 10.9. The van der Waals surface area contributed by atoms with Crippen molar-refractivity contribution in [3.05, 3.63) is 95.8 Å². The maximum absolute atomic E-state index is 10.9. The van der Waals surface area contributed by atoms with Crippen molar-refractivity contribution in [3.8, 4) is 29.3 Å². The van der Waals surface area contributed by atoms with Crippen LogP contribution in [-0.4, -0.2) is 38.7 Å². The predicted molar refractivity (Wildman–Crippen MR) is 147 cm³/mol. The minimum Gasteiger partial charge on any atom is -0.438 e. The number of nitrogens with two attached hydrogens (primary N) is 1. The molecule has 4 aromatic rings. The number of primary amides is 1. The molecule has 0 aliphatic carbocycles. The minimum absolute atomic E-state index is 0.111. The Kier molecular flexibility index (Phi) is 11.2. The van der Waals surface area contributed by atoms with Crippen molar-refractivity contribution < 1.29 is 19.1 Å². The quantitative estimate of drug-likeness (QED) is 0.205. The van der Waals surface area contributed by atoms with Gasteiger partial charge in [0.25, 0.3) is 5.91 Å². The summed E-state index contributed by atoms with van der Waals surface area (Å²) in [5, 5.41) is 12.0. The molecule has 11 heteroatoms. The molecule has 204 valence electrons. The summed E-state index contributed by atoms with van der Waals surface area (Å²) in [5.41, 5.74) is 7.22. The molecule has 0 unspecified atom stereocenters. The van der Waals surface area contributed by atoms with E-state index in [1.54, 1.807) is 24.3 Å². The monoisotopic (exact) mass is 539 g/mol. The molecule has 0 spiro atoms. The number of carbonyl (C=O) groups is 2. The topological polar surface area (TPSA) is 166 Å². The molecule has 3 N–H and O–H groups in total. The van der Waals surface area contributed by atoms with Crippen LogP contribution < -0.4 is 20.5 Å². The van der Waals surface area contributed by atoms with Gasteiger partial charge >= 0.3 is 0 Å². The molecule has 0 bridgehead atoms. The lowest BCUT2D eigenvalue weighted by molar-refractivity contribution is 0.0994. The molecule has 4 rings (SSSR count). The molecule has 11 nitrogen and oxygen atoms in total. The molecule has 0 aliphatic rings. The van der Waals surface area contributed by atoms with Crippen molar-refractivity contribution >= 4 is 12.2 Å². The van der Waals surface area contributed by atoms with Gasteiger partial charge in [0.05, 0.1) is 24.8 Å². The predicted octanol–water partition coefficient (Wildman–Crippen LogP) is 4.46. The van der Waals surface area contributed by atoms with E-state index in [4.69, 9.17) is 20.5 Å². The first-order valence-corrected chi connectivity index (χ1v) is 12.4. The van der Waals surface area contributed by atoms with Crippen LogP contribution in [0.1, 0.15) is 52.4 Å². The third-order valence-electron chi connectivity index (χ3n) is 5.24. The van der Waals surface area contributed by atoms with Gasteiger partial charge < -0.3 is 20.5 Å². The molecule has 0 atom stereocenters. The highest BCUT2D eigenvalue weighted by molar-refractivity contribution is 5.90. The molecule has 1 amide bonds. The first kappa shape index (κ1) is 29.3. The summed E-state index contributed by atoms with van der Waals surface area (Å²) < 4.78 is 11.0. The Morgan fingerprint density at radius 2 is 1.52 bits per heavy atom. The van der Waals surface area contributed by atoms with Crippen molar-refractivity contribution in [1.82, 2.24) is 25.3 Å². The Morgan fingerprint density at radius 1 is 0.925 bits per heavy atom. The van der Waals surface area contributed by atoms with Gasteiger partial charge in [-0.05, 0) is 60.8 Å². The zero-order chi connectivity index (χ0) is 28.7. The van der Waals surface area contributed by atoms with Crippen molar-refractivity contribution in [2.45, 2.75) is 26.8 Å². The molecular formula is C29H29N7O4. The number of rotatable bonds is 11. The fourth-order valence-electron chi connectivity index (χ4n) is 3.08. The van der Waals surface area contributed by atoms with E-state index in [2.05, 4.69) is 39.1 Å². The molecule has 0 fully saturated rings. The Morgan fingerprint density at radius 3 is 2.00 bits per heavy atom. The Balaban J connectivity index is 0.000000230. The van der Waals surface area contributed by atoms with Crippen molar-refractivity contribution in [2.75, 3.05) is 6.54 Å². The van der Waals surface area contributed by atoms with E-state index in [1.165, 1.54) is 36.8 Å². The lowest BCUT2D eigenvalue weighted by atomic mass is 10.1. The fraction of sp³-hybridized carbons (Fsp3) is 0.207. The molecule has 0 saturated carbocycles. The maximum Gasteiger partial charge on any atom is 0.268 e. The lowest BCUT2D eigenvalue weighted by Gasteiger charge is -2.08. The Bertz CT molecular complexity index is 1400. The van der Waals surface area contributed by atoms with Gasteiger partial charge in [-0.1, -0.05) is 26.0 Å². The van der Waals surface area contributed by atoms with E-state index in [0.717, 1.165) is 19.4 Å². The number of benzene rings is 2. The molecule has 0 radical (unpaired) electrons. The molecule has 0 aliphatic heterocycles. The van der Waals surface area contributed by atoms with Gasteiger partial charge in [0.15, 0.2) is 5.69 Å². The number of aromatic nitrogens is 4. The molecule has 40 heavy (non-hydrogen) atoms. The smallest absolute Gasteiger partial charge is 0.268 e. The number of nitrogens with zero attached hydrogens (tertiary/aromatic N) is 5. The largest absolute Gasteiger partial charge is 0.438 e. The summed E-state index contributed by atoms with van der Waals surface area (Å²) in [6, 6.07) is 16.2. The van der Waals surface area contributed by atoms with Gasteiger partial charge in [-0.2, -0.15) is 5.26 Å². The number of nitriles is 1. The van der Waals surface area contributed by atoms with Gasteiger partial charge in [0.2, 0.25) is 11.8 Å². The number of hydrogen-bond donors (Lipinski definition) is 2. The van der Waals surface area contributed by atoms with E-state index in [-0.39, 0.29) is 11.4 Å². The van der Waals surface area contributed by atoms with Crippen LogP contribution in [0.25, 0.3) is 0 Å². The molecule has 2 aromatic carbocycles. The number of aldehydes is 1. The third kappa shape index (κ3) is 9.92. The van der Waals surface area contributed by atoms with Crippen LogP contribution in [0.4, 0.5) is 0 Å². The van der Waals surface area contributed by atoms with E-state index in [9.17, 15) is 9.59 Å². The van der Waals surface area contributed by atoms with Gasteiger partial charge in [0.1, 0.15) is 29.5 Å². The highest BCUT2D eigenvalue weighted by atomic mass is 16.5. The van der Waals surface area contributed by atoms with Crippen molar-refractivity contribution in [1.29, 1.82) is 5.26 Å². The van der Waals surface area contributed by atoms with Crippen LogP contribution in [0.15, 0.2) is 73.3 Å². The normalized spacial score (nSPS) is 10.2. The fourth-order valence-corrected chi connectivity index (χ4v) is 3.08. The van der Waals surface area contributed by atoms with Crippen LogP contribution in [0.2, 0.25) is 0 Å². The van der Waals surface area contributed by atoms with Crippen LogP contribution in [0.3, 0.4) is 0 Å². The van der Waals surface area contributed by atoms with Crippen LogP contribution >= 0.6 is 0 Å².